The van der Waals surface area contributed by atoms with Crippen LogP contribution in [0.3, 0.4) is 0 Å². The Morgan fingerprint density at radius 2 is 2.11 bits per heavy atom. The lowest BCUT2D eigenvalue weighted by atomic mass is 10.2. The fourth-order valence-corrected chi connectivity index (χ4v) is 0.556. The van der Waals surface area contributed by atoms with Crippen LogP contribution in [-0.4, -0.2) is 11.2 Å². The predicted octanol–water partition coefficient (Wildman–Crippen LogP) is 2.11. The van der Waals surface area contributed by atoms with Gasteiger partial charge in [-0.3, -0.25) is 0 Å². The zero-order valence-electron chi connectivity index (χ0n) is 6.30. The average molecular weight is 128 g/mol. The smallest absolute Gasteiger partial charge is 0.0718 e. The minimum atomic E-state index is -0.225. The zero-order chi connectivity index (χ0) is 7.11. The van der Waals surface area contributed by atoms with E-state index in [9.17, 15) is 0 Å². The highest BCUT2D eigenvalue weighted by molar-refractivity contribution is 4.87. The lowest BCUT2D eigenvalue weighted by Gasteiger charge is -1.97. The summed E-state index contributed by atoms with van der Waals surface area (Å²) in [7, 11) is 0. The Labute approximate surface area is 57.4 Å². The molecule has 54 valence electrons. The highest BCUT2D eigenvalue weighted by Gasteiger charge is 1.89. The summed E-state index contributed by atoms with van der Waals surface area (Å²) < 4.78 is 0. The van der Waals surface area contributed by atoms with Crippen molar-refractivity contribution in [3.63, 3.8) is 0 Å². The molecule has 0 aromatic heterocycles. The van der Waals surface area contributed by atoms with E-state index in [2.05, 4.69) is 6.92 Å². The number of aliphatic hydroxyl groups is 1. The first-order valence-corrected chi connectivity index (χ1v) is 3.66. The van der Waals surface area contributed by atoms with E-state index in [-0.39, 0.29) is 6.10 Å². The van der Waals surface area contributed by atoms with Gasteiger partial charge in [-0.25, -0.2) is 0 Å². The predicted molar refractivity (Wildman–Crippen MR) is 40.3 cm³/mol. The third-order valence-corrected chi connectivity index (χ3v) is 1.23. The van der Waals surface area contributed by atoms with Crippen LogP contribution in [-0.2, 0) is 0 Å². The molecule has 1 atom stereocenters. The first kappa shape index (κ1) is 8.70. The van der Waals surface area contributed by atoms with E-state index in [1.165, 1.54) is 0 Å². The normalized spacial score (nSPS) is 14.6. The molecule has 0 aromatic carbocycles. The maximum atomic E-state index is 9.00. The molecular weight excluding hydrogens is 112 g/mol. The third kappa shape index (κ3) is 5.57. The fraction of sp³-hybridized carbons (Fsp3) is 0.750. The summed E-state index contributed by atoms with van der Waals surface area (Å²) in [6.07, 6.45) is 6.73. The van der Waals surface area contributed by atoms with Crippen LogP contribution in [0.4, 0.5) is 0 Å². The Morgan fingerprint density at radius 1 is 1.44 bits per heavy atom. The van der Waals surface area contributed by atoms with Crippen molar-refractivity contribution in [1.29, 1.82) is 0 Å². The van der Waals surface area contributed by atoms with Crippen LogP contribution < -0.4 is 0 Å². The summed E-state index contributed by atoms with van der Waals surface area (Å²) in [6.45, 7) is 4.10. The summed E-state index contributed by atoms with van der Waals surface area (Å²) in [5, 5.41) is 9.00. The highest BCUT2D eigenvalue weighted by Crippen LogP contribution is 1.94. The fourth-order valence-electron chi connectivity index (χ4n) is 0.556. The molecule has 0 amide bonds. The van der Waals surface area contributed by atoms with Crippen molar-refractivity contribution in [2.24, 2.45) is 0 Å². The van der Waals surface area contributed by atoms with Gasteiger partial charge in [0.05, 0.1) is 6.10 Å². The zero-order valence-corrected chi connectivity index (χ0v) is 6.30. The lowest BCUT2D eigenvalue weighted by Crippen LogP contribution is -1.97. The number of hydrogen-bond acceptors (Lipinski definition) is 1. The van der Waals surface area contributed by atoms with E-state index < -0.39 is 0 Å². The van der Waals surface area contributed by atoms with Gasteiger partial charge in [0, 0.05) is 0 Å². The van der Waals surface area contributed by atoms with Gasteiger partial charge in [-0.2, -0.15) is 0 Å². The molecule has 0 spiro atoms. The quantitative estimate of drug-likeness (QED) is 0.575. The summed E-state index contributed by atoms with van der Waals surface area (Å²) in [4.78, 5) is 0. The number of unbranched alkanes of at least 4 members (excludes halogenated alkanes) is 1. The Bertz CT molecular complexity index is 76.6. The van der Waals surface area contributed by atoms with E-state index in [0.717, 1.165) is 19.3 Å². The summed E-state index contributed by atoms with van der Waals surface area (Å²) >= 11 is 0. The summed E-state index contributed by atoms with van der Waals surface area (Å²) in [5.41, 5.74) is 0. The Morgan fingerprint density at radius 3 is 2.56 bits per heavy atom. The van der Waals surface area contributed by atoms with Gasteiger partial charge in [-0.05, 0) is 12.8 Å². The number of hydrogen-bond donors (Lipinski definition) is 1. The molecule has 1 unspecified atom stereocenters. The molecular formula is C8H16O. The molecule has 0 aromatic rings. The molecule has 0 rings (SSSR count). The van der Waals surface area contributed by atoms with E-state index >= 15 is 0 Å². The first-order valence-electron chi connectivity index (χ1n) is 3.66. The van der Waals surface area contributed by atoms with Crippen LogP contribution in [0.25, 0.3) is 0 Å². The van der Waals surface area contributed by atoms with E-state index in [1.54, 1.807) is 0 Å². The van der Waals surface area contributed by atoms with Crippen molar-refractivity contribution in [1.82, 2.24) is 0 Å². The SMILES string of the molecule is CCCC=CC(O)CC. The molecule has 0 aliphatic rings. The molecule has 0 radical (unpaired) electrons. The minimum absolute atomic E-state index is 0.225. The third-order valence-electron chi connectivity index (χ3n) is 1.23. The molecule has 9 heavy (non-hydrogen) atoms. The Hall–Kier alpha value is -0.300. The molecule has 1 nitrogen and oxygen atoms in total. The van der Waals surface area contributed by atoms with Crippen molar-refractivity contribution in [2.45, 2.75) is 39.2 Å². The van der Waals surface area contributed by atoms with Gasteiger partial charge in [0.25, 0.3) is 0 Å². The van der Waals surface area contributed by atoms with Gasteiger partial charge < -0.3 is 5.11 Å². The van der Waals surface area contributed by atoms with Gasteiger partial charge in [0.2, 0.25) is 0 Å². The number of rotatable bonds is 4. The second kappa shape index (κ2) is 5.83. The summed E-state index contributed by atoms with van der Waals surface area (Å²) in [5.74, 6) is 0. The lowest BCUT2D eigenvalue weighted by molar-refractivity contribution is 0.219. The molecule has 0 bridgehead atoms. The Kier molecular flexibility index (Phi) is 5.64. The molecule has 0 saturated heterocycles. The Balaban J connectivity index is 3.20. The molecule has 1 N–H and O–H groups in total. The second-order valence-electron chi connectivity index (χ2n) is 2.19. The standard InChI is InChI=1S/C8H16O/c1-3-5-6-7-8(9)4-2/h6-9H,3-5H2,1-2H3. The van der Waals surface area contributed by atoms with Gasteiger partial charge in [0.15, 0.2) is 0 Å². The maximum Gasteiger partial charge on any atom is 0.0718 e. The van der Waals surface area contributed by atoms with Crippen LogP contribution >= 0.6 is 0 Å². The monoisotopic (exact) mass is 128 g/mol. The first-order chi connectivity index (χ1) is 4.31. The average Bonchev–Trinajstić information content (AvgIpc) is 1.89. The maximum absolute atomic E-state index is 9.00. The van der Waals surface area contributed by atoms with Crippen LogP contribution in [0.2, 0.25) is 0 Å². The van der Waals surface area contributed by atoms with E-state index in [0.29, 0.717) is 0 Å². The van der Waals surface area contributed by atoms with E-state index in [1.807, 2.05) is 19.1 Å². The van der Waals surface area contributed by atoms with Gasteiger partial charge >= 0.3 is 0 Å². The van der Waals surface area contributed by atoms with E-state index in [4.69, 9.17) is 5.11 Å². The van der Waals surface area contributed by atoms with Crippen LogP contribution in [0.5, 0.6) is 0 Å². The van der Waals surface area contributed by atoms with Crippen LogP contribution in [0.15, 0.2) is 12.2 Å². The van der Waals surface area contributed by atoms with Gasteiger partial charge in [0.1, 0.15) is 0 Å². The largest absolute Gasteiger partial charge is 0.389 e. The van der Waals surface area contributed by atoms with Crippen molar-refractivity contribution >= 4 is 0 Å². The molecule has 0 heterocycles. The molecule has 0 aliphatic carbocycles. The van der Waals surface area contributed by atoms with Gasteiger partial charge in [-0.15, -0.1) is 0 Å². The van der Waals surface area contributed by atoms with Crippen LogP contribution in [0.1, 0.15) is 33.1 Å². The highest BCUT2D eigenvalue weighted by atomic mass is 16.3. The topological polar surface area (TPSA) is 20.2 Å². The minimum Gasteiger partial charge on any atom is -0.389 e. The van der Waals surface area contributed by atoms with Crippen molar-refractivity contribution < 1.29 is 5.11 Å². The molecule has 0 aliphatic heterocycles. The number of allylic oxidation sites excluding steroid dienone is 1. The molecule has 0 fully saturated rings. The van der Waals surface area contributed by atoms with Gasteiger partial charge in [-0.1, -0.05) is 32.4 Å². The molecule has 1 heteroatoms. The van der Waals surface area contributed by atoms with Crippen molar-refractivity contribution in [3.8, 4) is 0 Å². The molecule has 0 saturated carbocycles. The second-order valence-corrected chi connectivity index (χ2v) is 2.19. The number of aliphatic hydroxyl groups excluding tert-OH is 1. The van der Waals surface area contributed by atoms with Crippen molar-refractivity contribution in [3.05, 3.63) is 12.2 Å². The van der Waals surface area contributed by atoms with Crippen molar-refractivity contribution in [2.75, 3.05) is 0 Å². The summed E-state index contributed by atoms with van der Waals surface area (Å²) in [6, 6.07) is 0. The van der Waals surface area contributed by atoms with Crippen LogP contribution in [0, 0.1) is 0 Å².